The molecule has 5 heterocycles. The number of hydrogen-bond donors (Lipinski definition) is 4. The van der Waals surface area contributed by atoms with Crippen molar-refractivity contribution in [1.29, 1.82) is 0 Å². The number of fused-ring (bicyclic) bond motifs is 3. The topological polar surface area (TPSA) is 115 Å². The van der Waals surface area contributed by atoms with E-state index in [1.807, 2.05) is 18.3 Å². The lowest BCUT2D eigenvalue weighted by atomic mass is 9.88. The minimum atomic E-state index is -0.508. The van der Waals surface area contributed by atoms with Gasteiger partial charge in [-0.05, 0) is 61.7 Å². The number of anilines is 4. The average Bonchev–Trinajstić information content (AvgIpc) is 3.62. The van der Waals surface area contributed by atoms with Crippen molar-refractivity contribution in [3.63, 3.8) is 0 Å². The van der Waals surface area contributed by atoms with E-state index in [4.69, 9.17) is 0 Å². The Hall–Kier alpha value is -4.31. The third kappa shape index (κ3) is 5.04. The van der Waals surface area contributed by atoms with Gasteiger partial charge in [0.15, 0.2) is 0 Å². The third-order valence-electron chi connectivity index (χ3n) is 8.62. The zero-order valence-electron chi connectivity index (χ0n) is 22.6. The second-order valence-corrected chi connectivity index (χ2v) is 11.3. The van der Waals surface area contributed by atoms with Gasteiger partial charge in [0.1, 0.15) is 11.6 Å². The number of benzene rings is 1. The van der Waals surface area contributed by atoms with Crippen molar-refractivity contribution in [3.05, 3.63) is 71.0 Å². The summed E-state index contributed by atoms with van der Waals surface area (Å²) in [6.45, 7) is 1.96. The Morgan fingerprint density at radius 2 is 1.95 bits per heavy atom. The Bertz CT molecular complexity index is 1670. The van der Waals surface area contributed by atoms with E-state index in [1.54, 1.807) is 24.3 Å². The van der Waals surface area contributed by atoms with Gasteiger partial charge in [-0.3, -0.25) is 9.59 Å². The van der Waals surface area contributed by atoms with Gasteiger partial charge in [0.25, 0.3) is 5.56 Å². The molecule has 3 aromatic heterocycles. The normalized spacial score (nSPS) is 20.5. The lowest BCUT2D eigenvalue weighted by Crippen LogP contribution is -2.43. The zero-order valence-corrected chi connectivity index (χ0v) is 22.6. The standard InChI is InChI=1S/C31H32FN7O2/c32-24-13-19(36-30(40)18-4-2-1-3-5-18)6-8-23(24)26-14-27(29-25(37-26)10-11-33-31(29)41)38-28-9-7-21(15-35-28)39-17-20-12-22(39)16-34-20/h6-11,13-15,18,20,22,34H,1-5,12,16-17H2,(H,33,41)(H,36,40)(H,35,37,38)/t20-,22-/m1/s1. The van der Waals surface area contributed by atoms with Crippen molar-refractivity contribution in [3.8, 4) is 11.3 Å². The molecule has 2 bridgehead atoms. The van der Waals surface area contributed by atoms with Crippen molar-refractivity contribution >= 4 is 39.7 Å². The molecule has 4 N–H and O–H groups in total. The smallest absolute Gasteiger partial charge is 0.259 e. The van der Waals surface area contributed by atoms with Crippen LogP contribution < -0.4 is 26.4 Å². The fourth-order valence-electron chi connectivity index (χ4n) is 6.48. The van der Waals surface area contributed by atoms with Gasteiger partial charge in [0, 0.05) is 48.5 Å². The Morgan fingerprint density at radius 3 is 2.68 bits per heavy atom. The fourth-order valence-corrected chi connectivity index (χ4v) is 6.48. The van der Waals surface area contributed by atoms with Crippen LogP contribution in [0.4, 0.5) is 27.3 Å². The van der Waals surface area contributed by atoms with Crippen molar-refractivity contribution in [2.45, 2.75) is 50.6 Å². The molecule has 0 unspecified atom stereocenters. The molecule has 4 aromatic rings. The number of aromatic nitrogens is 3. The zero-order chi connectivity index (χ0) is 27.9. The predicted octanol–water partition coefficient (Wildman–Crippen LogP) is 4.94. The van der Waals surface area contributed by atoms with E-state index in [1.165, 1.54) is 12.3 Å². The number of nitrogens with one attached hydrogen (secondary N) is 4. The van der Waals surface area contributed by atoms with E-state index < -0.39 is 5.82 Å². The summed E-state index contributed by atoms with van der Waals surface area (Å²) in [6, 6.07) is 12.9. The largest absolute Gasteiger partial charge is 0.364 e. The molecule has 210 valence electrons. The van der Waals surface area contributed by atoms with Crippen LogP contribution in [0, 0.1) is 11.7 Å². The van der Waals surface area contributed by atoms with Crippen LogP contribution >= 0.6 is 0 Å². The van der Waals surface area contributed by atoms with Gasteiger partial charge in [0.2, 0.25) is 5.91 Å². The van der Waals surface area contributed by atoms with Crippen molar-refractivity contribution in [2.75, 3.05) is 28.6 Å². The number of amides is 1. The molecular weight excluding hydrogens is 521 g/mol. The first-order valence-electron chi connectivity index (χ1n) is 14.4. The number of hydrogen-bond acceptors (Lipinski definition) is 7. The number of piperazine rings is 1. The van der Waals surface area contributed by atoms with Crippen LogP contribution in [0.2, 0.25) is 0 Å². The summed E-state index contributed by atoms with van der Waals surface area (Å²) in [6.07, 6.45) is 9.53. The first-order valence-corrected chi connectivity index (χ1v) is 14.4. The Morgan fingerprint density at radius 1 is 1.07 bits per heavy atom. The Kier molecular flexibility index (Phi) is 6.62. The van der Waals surface area contributed by atoms with Gasteiger partial charge in [-0.2, -0.15) is 0 Å². The molecule has 2 aliphatic heterocycles. The SMILES string of the molecule is O=C(Nc1ccc(-c2cc(Nc3ccc(N4C[C@H]5C[C@@H]4CN5)cn3)c3c(=O)[nH]ccc3n2)c(F)c1)C1CCCCC1. The van der Waals surface area contributed by atoms with Crippen LogP contribution in [0.1, 0.15) is 38.5 Å². The van der Waals surface area contributed by atoms with Gasteiger partial charge >= 0.3 is 0 Å². The van der Waals surface area contributed by atoms with Gasteiger partial charge in [-0.15, -0.1) is 0 Å². The van der Waals surface area contributed by atoms with Crippen LogP contribution in [-0.4, -0.2) is 46.0 Å². The molecular formula is C31H32FN7O2. The Balaban J connectivity index is 1.16. The quantitative estimate of drug-likeness (QED) is 0.267. The van der Waals surface area contributed by atoms with E-state index >= 15 is 4.39 Å². The number of rotatable bonds is 6. The number of carbonyl (C=O) groups is 1. The number of pyridine rings is 3. The molecule has 1 aliphatic carbocycles. The molecule has 0 radical (unpaired) electrons. The van der Waals surface area contributed by atoms with Gasteiger partial charge < -0.3 is 25.8 Å². The summed E-state index contributed by atoms with van der Waals surface area (Å²) < 4.78 is 15.4. The molecule has 2 saturated heterocycles. The molecule has 7 rings (SSSR count). The summed E-state index contributed by atoms with van der Waals surface area (Å²) >= 11 is 0. The second-order valence-electron chi connectivity index (χ2n) is 11.3. The van der Waals surface area contributed by atoms with Crippen LogP contribution in [-0.2, 0) is 4.79 Å². The van der Waals surface area contributed by atoms with Crippen LogP contribution in [0.5, 0.6) is 0 Å². The summed E-state index contributed by atoms with van der Waals surface area (Å²) in [5.41, 5.74) is 2.73. The second kappa shape index (κ2) is 10.6. The highest BCUT2D eigenvalue weighted by Gasteiger charge is 2.37. The summed E-state index contributed by atoms with van der Waals surface area (Å²) in [7, 11) is 0. The maximum atomic E-state index is 15.4. The highest BCUT2D eigenvalue weighted by molar-refractivity contribution is 5.95. The lowest BCUT2D eigenvalue weighted by Gasteiger charge is -2.29. The predicted molar refractivity (Wildman–Crippen MR) is 158 cm³/mol. The Labute approximate surface area is 236 Å². The first kappa shape index (κ1) is 25.6. The molecule has 2 atom stereocenters. The monoisotopic (exact) mass is 553 g/mol. The molecule has 10 heteroatoms. The minimum Gasteiger partial charge on any atom is -0.364 e. The van der Waals surface area contributed by atoms with Crippen LogP contribution in [0.15, 0.2) is 59.7 Å². The van der Waals surface area contributed by atoms with E-state index in [2.05, 4.69) is 35.8 Å². The number of halogens is 1. The number of carbonyl (C=O) groups excluding carboxylic acids is 1. The van der Waals surface area contributed by atoms with Crippen LogP contribution in [0.3, 0.4) is 0 Å². The molecule has 1 aromatic carbocycles. The number of aromatic amines is 1. The molecule has 41 heavy (non-hydrogen) atoms. The van der Waals surface area contributed by atoms with Crippen molar-refractivity contribution < 1.29 is 9.18 Å². The van der Waals surface area contributed by atoms with E-state index in [0.717, 1.165) is 57.3 Å². The van der Waals surface area contributed by atoms with E-state index in [9.17, 15) is 9.59 Å². The molecule has 1 amide bonds. The van der Waals surface area contributed by atoms with Crippen LogP contribution in [0.25, 0.3) is 22.2 Å². The van der Waals surface area contributed by atoms with Crippen molar-refractivity contribution in [2.24, 2.45) is 5.92 Å². The minimum absolute atomic E-state index is 0.0227. The maximum Gasteiger partial charge on any atom is 0.259 e. The molecule has 1 saturated carbocycles. The molecule has 3 fully saturated rings. The van der Waals surface area contributed by atoms with Gasteiger partial charge in [-0.1, -0.05) is 19.3 Å². The van der Waals surface area contributed by atoms with E-state index in [-0.39, 0.29) is 22.9 Å². The fraction of sp³-hybridized carbons (Fsp3) is 0.355. The third-order valence-corrected chi connectivity index (χ3v) is 8.62. The molecule has 9 nitrogen and oxygen atoms in total. The summed E-state index contributed by atoms with van der Waals surface area (Å²) in [5.74, 6) is -0.0190. The van der Waals surface area contributed by atoms with E-state index in [0.29, 0.717) is 45.9 Å². The first-order chi connectivity index (χ1) is 20.0. The summed E-state index contributed by atoms with van der Waals surface area (Å²) in [4.78, 5) is 39.8. The molecule has 0 spiro atoms. The highest BCUT2D eigenvalue weighted by atomic mass is 19.1. The highest BCUT2D eigenvalue weighted by Crippen LogP contribution is 2.33. The van der Waals surface area contributed by atoms with Gasteiger partial charge in [-0.25, -0.2) is 14.4 Å². The average molecular weight is 554 g/mol. The van der Waals surface area contributed by atoms with Gasteiger partial charge in [0.05, 0.1) is 34.2 Å². The maximum absolute atomic E-state index is 15.4. The number of H-pyrrole nitrogens is 1. The number of nitrogens with zero attached hydrogens (tertiary/aromatic N) is 3. The lowest BCUT2D eigenvalue weighted by molar-refractivity contribution is -0.120. The van der Waals surface area contributed by atoms with Crippen molar-refractivity contribution in [1.82, 2.24) is 20.3 Å². The molecule has 3 aliphatic rings. The summed E-state index contributed by atoms with van der Waals surface area (Å²) in [5, 5.41) is 10.0.